The van der Waals surface area contributed by atoms with Gasteiger partial charge in [0.1, 0.15) is 11.3 Å². The number of hydrogen-bond acceptors (Lipinski definition) is 1. The van der Waals surface area contributed by atoms with Crippen LogP contribution in [-0.2, 0) is 6.42 Å². The molecule has 3 rings (SSSR count). The van der Waals surface area contributed by atoms with Gasteiger partial charge in [-0.2, -0.15) is 0 Å². The van der Waals surface area contributed by atoms with Gasteiger partial charge < -0.3 is 4.42 Å². The lowest BCUT2D eigenvalue weighted by Gasteiger charge is -2.01. The van der Waals surface area contributed by atoms with Crippen molar-refractivity contribution in [3.63, 3.8) is 0 Å². The Morgan fingerprint density at radius 2 is 2.21 bits per heavy atom. The second kappa shape index (κ2) is 2.99. The highest BCUT2D eigenvalue weighted by molar-refractivity contribution is 9.10. The predicted molar refractivity (Wildman–Crippen MR) is 61.3 cm³/mol. The van der Waals surface area contributed by atoms with E-state index < -0.39 is 0 Å². The minimum absolute atomic E-state index is 0.991. The molecule has 0 atom stereocenters. The molecule has 1 aliphatic carbocycles. The van der Waals surface area contributed by atoms with Crippen molar-refractivity contribution in [1.82, 2.24) is 0 Å². The standard InChI is InChI=1S/C12H9BrO/c13-8-5-6-12-10(7-8)9-3-1-2-4-11(9)14-12/h1,3,5-7H,2,4H2. The summed E-state index contributed by atoms with van der Waals surface area (Å²) in [6.07, 6.45) is 6.49. The van der Waals surface area contributed by atoms with Gasteiger partial charge in [-0.3, -0.25) is 0 Å². The molecule has 0 radical (unpaired) electrons. The molecule has 0 N–H and O–H groups in total. The molecule has 0 saturated heterocycles. The van der Waals surface area contributed by atoms with Crippen molar-refractivity contribution >= 4 is 33.0 Å². The zero-order valence-corrected chi connectivity index (χ0v) is 9.17. The van der Waals surface area contributed by atoms with E-state index in [4.69, 9.17) is 4.42 Å². The monoisotopic (exact) mass is 248 g/mol. The quantitative estimate of drug-likeness (QED) is 0.683. The third kappa shape index (κ3) is 1.14. The third-order valence-corrected chi connectivity index (χ3v) is 3.08. The van der Waals surface area contributed by atoms with E-state index in [0.29, 0.717) is 0 Å². The maximum atomic E-state index is 5.77. The van der Waals surface area contributed by atoms with E-state index >= 15 is 0 Å². The molecule has 2 aromatic rings. The average molecular weight is 249 g/mol. The van der Waals surface area contributed by atoms with Gasteiger partial charge in [-0.25, -0.2) is 0 Å². The highest BCUT2D eigenvalue weighted by atomic mass is 79.9. The molecule has 1 heterocycles. The first kappa shape index (κ1) is 8.30. The van der Waals surface area contributed by atoms with Gasteiger partial charge >= 0.3 is 0 Å². The Bertz CT molecular complexity index is 522. The number of halogens is 1. The van der Waals surface area contributed by atoms with E-state index in [2.05, 4.69) is 34.1 Å². The average Bonchev–Trinajstić information content (AvgIpc) is 2.56. The minimum atomic E-state index is 0.991. The van der Waals surface area contributed by atoms with Gasteiger partial charge in [0, 0.05) is 21.8 Å². The summed E-state index contributed by atoms with van der Waals surface area (Å²) in [5.41, 5.74) is 2.25. The Morgan fingerprint density at radius 3 is 3.14 bits per heavy atom. The van der Waals surface area contributed by atoms with Crippen molar-refractivity contribution < 1.29 is 4.42 Å². The zero-order chi connectivity index (χ0) is 9.54. The van der Waals surface area contributed by atoms with E-state index in [1.165, 1.54) is 10.9 Å². The second-order valence-corrected chi connectivity index (χ2v) is 4.44. The summed E-state index contributed by atoms with van der Waals surface area (Å²) < 4.78 is 6.88. The number of aryl methyl sites for hydroxylation is 1. The lowest BCUT2D eigenvalue weighted by atomic mass is 10.0. The molecule has 0 spiro atoms. The van der Waals surface area contributed by atoms with Crippen LogP contribution in [0.5, 0.6) is 0 Å². The van der Waals surface area contributed by atoms with Gasteiger partial charge in [0.05, 0.1) is 0 Å². The van der Waals surface area contributed by atoms with Crippen LogP contribution in [0.25, 0.3) is 17.0 Å². The molecule has 1 nitrogen and oxygen atoms in total. The summed E-state index contributed by atoms with van der Waals surface area (Å²) in [7, 11) is 0. The fourth-order valence-electron chi connectivity index (χ4n) is 1.92. The predicted octanol–water partition coefficient (Wildman–Crippen LogP) is 4.15. The summed E-state index contributed by atoms with van der Waals surface area (Å²) in [6.45, 7) is 0. The first-order valence-corrected chi connectivity index (χ1v) is 5.51. The fourth-order valence-corrected chi connectivity index (χ4v) is 2.28. The largest absolute Gasteiger partial charge is 0.460 e. The molecule has 14 heavy (non-hydrogen) atoms. The minimum Gasteiger partial charge on any atom is -0.460 e. The van der Waals surface area contributed by atoms with E-state index in [1.807, 2.05) is 12.1 Å². The van der Waals surface area contributed by atoms with E-state index in [-0.39, 0.29) is 0 Å². The molecule has 2 heteroatoms. The molecular formula is C12H9BrO. The number of hydrogen-bond donors (Lipinski definition) is 0. The first-order chi connectivity index (χ1) is 6.84. The summed E-state index contributed by atoms with van der Waals surface area (Å²) in [5.74, 6) is 1.13. The van der Waals surface area contributed by atoms with E-state index in [1.54, 1.807) is 0 Å². The lowest BCUT2D eigenvalue weighted by molar-refractivity contribution is 0.546. The smallest absolute Gasteiger partial charge is 0.134 e. The Morgan fingerprint density at radius 1 is 1.29 bits per heavy atom. The molecule has 1 aliphatic rings. The van der Waals surface area contributed by atoms with Gasteiger partial charge in [0.2, 0.25) is 0 Å². The molecular weight excluding hydrogens is 240 g/mol. The van der Waals surface area contributed by atoms with Crippen LogP contribution < -0.4 is 0 Å². The fraction of sp³-hybridized carbons (Fsp3) is 0.167. The molecule has 70 valence electrons. The molecule has 0 amide bonds. The van der Waals surface area contributed by atoms with Crippen LogP contribution in [0.1, 0.15) is 17.7 Å². The normalized spacial score (nSPS) is 14.6. The lowest BCUT2D eigenvalue weighted by Crippen LogP contribution is -1.88. The van der Waals surface area contributed by atoms with Crippen LogP contribution in [-0.4, -0.2) is 0 Å². The molecule has 1 aromatic carbocycles. The van der Waals surface area contributed by atoms with Crippen LogP contribution in [0.15, 0.2) is 33.2 Å². The highest BCUT2D eigenvalue weighted by Gasteiger charge is 2.13. The molecule has 0 aliphatic heterocycles. The van der Waals surface area contributed by atoms with Gasteiger partial charge in [0.15, 0.2) is 0 Å². The van der Waals surface area contributed by atoms with Crippen molar-refractivity contribution in [3.05, 3.63) is 40.1 Å². The van der Waals surface area contributed by atoms with E-state index in [0.717, 1.165) is 28.7 Å². The van der Waals surface area contributed by atoms with E-state index in [9.17, 15) is 0 Å². The number of furan rings is 1. The van der Waals surface area contributed by atoms with Crippen molar-refractivity contribution in [2.45, 2.75) is 12.8 Å². The molecule has 0 bridgehead atoms. The van der Waals surface area contributed by atoms with Gasteiger partial charge in [-0.05, 0) is 24.6 Å². The summed E-state index contributed by atoms with van der Waals surface area (Å²) in [6, 6.07) is 6.15. The van der Waals surface area contributed by atoms with Crippen LogP contribution in [0.4, 0.5) is 0 Å². The van der Waals surface area contributed by atoms with Crippen molar-refractivity contribution in [2.75, 3.05) is 0 Å². The zero-order valence-electron chi connectivity index (χ0n) is 7.59. The Hall–Kier alpha value is -1.02. The molecule has 0 unspecified atom stereocenters. The third-order valence-electron chi connectivity index (χ3n) is 2.59. The SMILES string of the molecule is Brc1ccc2oc3c(c2c1)C=CCC3. The Kier molecular flexibility index (Phi) is 1.77. The highest BCUT2D eigenvalue weighted by Crippen LogP contribution is 2.32. The molecule has 0 fully saturated rings. The number of fused-ring (bicyclic) bond motifs is 3. The number of benzene rings is 1. The maximum Gasteiger partial charge on any atom is 0.134 e. The van der Waals surface area contributed by atoms with Gasteiger partial charge in [-0.1, -0.05) is 28.1 Å². The molecule has 0 saturated carbocycles. The van der Waals surface area contributed by atoms with Crippen LogP contribution in [0.2, 0.25) is 0 Å². The van der Waals surface area contributed by atoms with Crippen molar-refractivity contribution in [2.24, 2.45) is 0 Å². The Balaban J connectivity index is 2.39. The second-order valence-electron chi connectivity index (χ2n) is 3.52. The van der Waals surface area contributed by atoms with Gasteiger partial charge in [0.25, 0.3) is 0 Å². The first-order valence-electron chi connectivity index (χ1n) is 4.72. The summed E-state index contributed by atoms with van der Waals surface area (Å²) in [4.78, 5) is 0. The van der Waals surface area contributed by atoms with Crippen molar-refractivity contribution in [3.8, 4) is 0 Å². The summed E-state index contributed by atoms with van der Waals surface area (Å²) >= 11 is 3.48. The van der Waals surface area contributed by atoms with Crippen LogP contribution in [0.3, 0.4) is 0 Å². The maximum absolute atomic E-state index is 5.77. The Labute approximate surface area is 90.5 Å². The van der Waals surface area contributed by atoms with Gasteiger partial charge in [-0.15, -0.1) is 0 Å². The van der Waals surface area contributed by atoms with Crippen molar-refractivity contribution in [1.29, 1.82) is 0 Å². The number of rotatable bonds is 0. The molecule has 1 aromatic heterocycles. The topological polar surface area (TPSA) is 13.1 Å². The number of allylic oxidation sites excluding steroid dienone is 1. The summed E-state index contributed by atoms with van der Waals surface area (Å²) in [5, 5.41) is 1.21. The van der Waals surface area contributed by atoms with Crippen LogP contribution >= 0.6 is 15.9 Å². The van der Waals surface area contributed by atoms with Crippen LogP contribution in [0, 0.1) is 0 Å².